The molecule has 1 N–H and O–H groups in total. The van der Waals surface area contributed by atoms with Crippen molar-refractivity contribution in [1.82, 2.24) is 19.3 Å². The van der Waals surface area contributed by atoms with Crippen LogP contribution in [0.25, 0.3) is 11.0 Å². The minimum atomic E-state index is -3.88. The summed E-state index contributed by atoms with van der Waals surface area (Å²) in [7, 11) is -3.88. The van der Waals surface area contributed by atoms with E-state index in [2.05, 4.69) is 10.3 Å². The minimum Gasteiger partial charge on any atom is -0.481 e. The molecule has 42 heavy (non-hydrogen) atoms. The minimum absolute atomic E-state index is 0.116. The normalized spacial score (nSPS) is 20.0. The zero-order chi connectivity index (χ0) is 29.2. The number of hydrogen-bond donors (Lipinski definition) is 1. The Morgan fingerprint density at radius 3 is 2.62 bits per heavy atom. The molecule has 7 rings (SSSR count). The molecule has 0 unspecified atom stereocenters. The molecule has 1 aromatic heterocycles. The van der Waals surface area contributed by atoms with Crippen LogP contribution in [0, 0.1) is 13.8 Å². The molecule has 218 valence electrons. The molecule has 1 saturated carbocycles. The van der Waals surface area contributed by atoms with Gasteiger partial charge in [-0.15, -0.1) is 5.10 Å². The van der Waals surface area contributed by atoms with Gasteiger partial charge in [0.1, 0.15) is 16.2 Å². The molecule has 1 saturated heterocycles. The maximum Gasteiger partial charge on any atom is 0.304 e. The van der Waals surface area contributed by atoms with Crippen LogP contribution in [-0.4, -0.2) is 64.2 Å². The number of aliphatic carboxylic acids is 1. The lowest BCUT2D eigenvalue weighted by Gasteiger charge is -2.41. The molecule has 1 spiro atoms. The smallest absolute Gasteiger partial charge is 0.304 e. The Morgan fingerprint density at radius 2 is 1.90 bits per heavy atom. The maximum absolute atomic E-state index is 13.9. The lowest BCUT2D eigenvalue weighted by atomic mass is 9.84. The van der Waals surface area contributed by atoms with E-state index in [4.69, 9.17) is 9.47 Å². The number of carboxylic acids is 1. The van der Waals surface area contributed by atoms with Gasteiger partial charge in [0, 0.05) is 12.5 Å². The Bertz CT molecular complexity index is 1830. The summed E-state index contributed by atoms with van der Waals surface area (Å²) in [5.74, 6) is -1.03. The first-order valence-corrected chi connectivity index (χ1v) is 15.6. The number of aromatic nitrogens is 3. The quantitative estimate of drug-likeness (QED) is 0.338. The predicted molar refractivity (Wildman–Crippen MR) is 154 cm³/mol. The van der Waals surface area contributed by atoms with Crippen molar-refractivity contribution in [2.75, 3.05) is 19.8 Å². The number of ether oxygens (including phenoxy) is 2. The van der Waals surface area contributed by atoms with Crippen molar-refractivity contribution < 1.29 is 27.8 Å². The number of rotatable bonds is 7. The molecule has 1 aliphatic carbocycles. The summed E-state index contributed by atoms with van der Waals surface area (Å²) in [6.45, 7) is 4.79. The Hall–Kier alpha value is -3.80. The van der Waals surface area contributed by atoms with Crippen molar-refractivity contribution in [3.05, 3.63) is 82.4 Å². The molecule has 3 aliphatic rings. The van der Waals surface area contributed by atoms with Crippen molar-refractivity contribution >= 4 is 27.0 Å². The van der Waals surface area contributed by atoms with Gasteiger partial charge in [-0.3, -0.25) is 4.79 Å². The first-order chi connectivity index (χ1) is 20.1. The highest BCUT2D eigenvalue weighted by Crippen LogP contribution is 2.40. The third-order valence-corrected chi connectivity index (χ3v) is 10.5. The van der Waals surface area contributed by atoms with Gasteiger partial charge in [-0.1, -0.05) is 41.6 Å². The zero-order valence-corrected chi connectivity index (χ0v) is 24.3. The van der Waals surface area contributed by atoms with E-state index in [9.17, 15) is 18.3 Å². The second kappa shape index (κ2) is 9.89. The van der Waals surface area contributed by atoms with E-state index in [0.29, 0.717) is 25.0 Å². The van der Waals surface area contributed by atoms with Crippen molar-refractivity contribution in [2.45, 2.75) is 62.1 Å². The van der Waals surface area contributed by atoms with Gasteiger partial charge in [0.2, 0.25) is 10.0 Å². The van der Waals surface area contributed by atoms with Crippen LogP contribution >= 0.6 is 0 Å². The largest absolute Gasteiger partial charge is 0.481 e. The number of hydrogen-bond acceptors (Lipinski definition) is 7. The highest BCUT2D eigenvalue weighted by molar-refractivity contribution is 7.89. The Labute approximate surface area is 243 Å². The van der Waals surface area contributed by atoms with Crippen LogP contribution in [0.1, 0.15) is 59.0 Å². The maximum atomic E-state index is 13.9. The molecule has 10 nitrogen and oxygen atoms in total. The molecule has 0 bridgehead atoms. The summed E-state index contributed by atoms with van der Waals surface area (Å²) in [4.78, 5) is 12.2. The number of carboxylic acid groups (broad SMARTS) is 1. The van der Waals surface area contributed by atoms with Crippen LogP contribution in [0.5, 0.6) is 5.75 Å². The first-order valence-electron chi connectivity index (χ1n) is 14.2. The fourth-order valence-corrected chi connectivity index (χ4v) is 7.76. The molecule has 3 heterocycles. The highest BCUT2D eigenvalue weighted by Gasteiger charge is 2.49. The number of nitrogens with zero attached hydrogens (tertiary/aromatic N) is 4. The average molecular weight is 589 g/mol. The third-order valence-electron chi connectivity index (χ3n) is 8.70. The lowest BCUT2D eigenvalue weighted by Crippen LogP contribution is -2.60. The molecule has 2 fully saturated rings. The van der Waals surface area contributed by atoms with Crippen LogP contribution in [0.3, 0.4) is 0 Å². The van der Waals surface area contributed by atoms with Crippen LogP contribution in [0.4, 0.5) is 0 Å². The molecular weight excluding hydrogens is 556 g/mol. The van der Waals surface area contributed by atoms with Gasteiger partial charge in [0.15, 0.2) is 5.60 Å². The molecular formula is C31H32N4O6S. The van der Waals surface area contributed by atoms with Crippen molar-refractivity contribution in [3.8, 4) is 5.75 Å². The third kappa shape index (κ3) is 4.56. The fraction of sp³-hybridized carbons (Fsp3) is 0.387. The van der Waals surface area contributed by atoms with Gasteiger partial charge in [0.05, 0.1) is 37.7 Å². The Balaban J connectivity index is 1.27. The fourth-order valence-electron chi connectivity index (χ4n) is 6.15. The van der Waals surface area contributed by atoms with Gasteiger partial charge in [-0.2, -0.15) is 4.31 Å². The second-order valence-corrected chi connectivity index (χ2v) is 13.7. The molecule has 0 amide bonds. The van der Waals surface area contributed by atoms with E-state index < -0.39 is 27.5 Å². The SMILES string of the molecule is Cc1ccc([C@@H](CC(=O)O)c2ccc3c(nnn3C3CC3)c2C)cc1CN1CC2(COC2)Oc2ccccc2S1(=O)=O. The number of sulfonamides is 1. The van der Waals surface area contributed by atoms with Gasteiger partial charge in [-0.25, -0.2) is 13.1 Å². The number of carbonyl (C=O) groups is 1. The average Bonchev–Trinajstić information content (AvgIpc) is 3.70. The van der Waals surface area contributed by atoms with Gasteiger partial charge >= 0.3 is 5.97 Å². The van der Waals surface area contributed by atoms with Crippen molar-refractivity contribution in [2.24, 2.45) is 0 Å². The molecule has 11 heteroatoms. The Morgan fingerprint density at radius 1 is 1.12 bits per heavy atom. The van der Waals surface area contributed by atoms with E-state index in [1.807, 2.05) is 48.9 Å². The molecule has 1 atom stereocenters. The summed E-state index contributed by atoms with van der Waals surface area (Å²) in [5, 5.41) is 18.7. The van der Waals surface area contributed by atoms with Crippen molar-refractivity contribution in [1.29, 1.82) is 0 Å². The van der Waals surface area contributed by atoms with E-state index in [1.165, 1.54) is 4.31 Å². The highest BCUT2D eigenvalue weighted by atomic mass is 32.2. The number of aryl methyl sites for hydroxylation is 2. The van der Waals surface area contributed by atoms with E-state index >= 15 is 0 Å². The summed E-state index contributed by atoms with van der Waals surface area (Å²) in [6, 6.07) is 16.9. The number of benzene rings is 3. The van der Waals surface area contributed by atoms with Crippen LogP contribution < -0.4 is 4.74 Å². The van der Waals surface area contributed by atoms with Gasteiger partial charge in [0.25, 0.3) is 0 Å². The monoisotopic (exact) mass is 588 g/mol. The van der Waals surface area contributed by atoms with Crippen LogP contribution in [0.15, 0.2) is 59.5 Å². The van der Waals surface area contributed by atoms with E-state index in [-0.39, 0.29) is 24.4 Å². The lowest BCUT2D eigenvalue weighted by molar-refractivity contribution is -0.165. The number of fused-ring (bicyclic) bond motifs is 2. The van der Waals surface area contributed by atoms with Crippen LogP contribution in [-0.2, 0) is 26.1 Å². The summed E-state index contributed by atoms with van der Waals surface area (Å²) in [6.07, 6.45) is 2.06. The molecule has 3 aromatic carbocycles. The summed E-state index contributed by atoms with van der Waals surface area (Å²) < 4.78 is 42.9. The van der Waals surface area contributed by atoms with E-state index in [0.717, 1.165) is 51.7 Å². The Kier molecular flexibility index (Phi) is 6.37. The first kappa shape index (κ1) is 27.1. The molecule has 2 aliphatic heterocycles. The predicted octanol–water partition coefficient (Wildman–Crippen LogP) is 4.34. The second-order valence-electron chi connectivity index (χ2n) is 11.7. The standard InChI is InChI=1S/C31H32N4O6S/c1-19-7-8-21(25(14-29(36)37)24-11-12-26-30(20(24)2)32-33-35(26)23-9-10-23)13-22(19)15-34-16-31(17-40-18-31)41-27-5-3-4-6-28(27)42(34,38)39/h3-8,11-13,23,25H,9-10,14-18H2,1-2H3,(H,36,37)/t25-/m1/s1. The van der Waals surface area contributed by atoms with Crippen molar-refractivity contribution in [3.63, 3.8) is 0 Å². The number of para-hydroxylation sites is 1. The summed E-state index contributed by atoms with van der Waals surface area (Å²) in [5.41, 5.74) is 5.30. The summed E-state index contributed by atoms with van der Waals surface area (Å²) >= 11 is 0. The molecule has 0 radical (unpaired) electrons. The van der Waals surface area contributed by atoms with E-state index in [1.54, 1.807) is 24.3 Å². The van der Waals surface area contributed by atoms with Crippen LogP contribution in [0.2, 0.25) is 0 Å². The van der Waals surface area contributed by atoms with Gasteiger partial charge in [-0.05, 0) is 72.7 Å². The topological polar surface area (TPSA) is 124 Å². The van der Waals surface area contributed by atoms with Gasteiger partial charge < -0.3 is 14.6 Å². The molecule has 4 aromatic rings. The zero-order valence-electron chi connectivity index (χ0n) is 23.5.